The third-order valence-electron chi connectivity index (χ3n) is 6.34. The Hall–Kier alpha value is -2.48. The SMILES string of the molecule is O=C(/C=C/c1ccccc1)[C@@H]1[C@@H]2CCCC[C@@H]2C(=O)C[C@H]1c1ccccc1. The van der Waals surface area contributed by atoms with Gasteiger partial charge in [-0.05, 0) is 36.0 Å². The molecule has 0 N–H and O–H groups in total. The first-order valence-corrected chi connectivity index (χ1v) is 10.1. The van der Waals surface area contributed by atoms with E-state index in [1.54, 1.807) is 6.08 Å². The van der Waals surface area contributed by atoms with Gasteiger partial charge in [0.2, 0.25) is 0 Å². The molecule has 2 aromatic carbocycles. The highest BCUT2D eigenvalue weighted by atomic mass is 16.1. The number of hydrogen-bond acceptors (Lipinski definition) is 2. The van der Waals surface area contributed by atoms with Gasteiger partial charge in [0.15, 0.2) is 5.78 Å². The normalized spacial score (nSPS) is 28.1. The van der Waals surface area contributed by atoms with E-state index in [0.29, 0.717) is 12.2 Å². The molecule has 2 fully saturated rings. The highest BCUT2D eigenvalue weighted by Gasteiger charge is 2.47. The zero-order valence-electron chi connectivity index (χ0n) is 15.6. The minimum atomic E-state index is -0.0876. The van der Waals surface area contributed by atoms with Crippen molar-refractivity contribution in [1.29, 1.82) is 0 Å². The van der Waals surface area contributed by atoms with Gasteiger partial charge in [-0.3, -0.25) is 9.59 Å². The summed E-state index contributed by atoms with van der Waals surface area (Å²) in [5, 5.41) is 0. The lowest BCUT2D eigenvalue weighted by Gasteiger charge is -2.43. The van der Waals surface area contributed by atoms with E-state index in [4.69, 9.17) is 0 Å². The molecule has 0 aliphatic heterocycles. The minimum absolute atomic E-state index is 0.00553. The Labute approximate surface area is 161 Å². The summed E-state index contributed by atoms with van der Waals surface area (Å²) < 4.78 is 0. The summed E-state index contributed by atoms with van der Waals surface area (Å²) in [5.41, 5.74) is 2.16. The maximum atomic E-state index is 13.3. The molecule has 0 unspecified atom stereocenters. The molecule has 0 spiro atoms. The predicted molar refractivity (Wildman–Crippen MR) is 108 cm³/mol. The van der Waals surface area contributed by atoms with Gasteiger partial charge in [-0.25, -0.2) is 0 Å². The number of benzene rings is 2. The fourth-order valence-corrected chi connectivity index (χ4v) is 5.07. The average molecular weight is 358 g/mol. The number of ketones is 2. The van der Waals surface area contributed by atoms with Gasteiger partial charge in [-0.2, -0.15) is 0 Å². The Balaban J connectivity index is 1.66. The van der Waals surface area contributed by atoms with Gasteiger partial charge in [0, 0.05) is 24.2 Å². The molecular weight excluding hydrogens is 332 g/mol. The largest absolute Gasteiger partial charge is 0.299 e. The summed E-state index contributed by atoms with van der Waals surface area (Å²) in [4.78, 5) is 26.1. The third kappa shape index (κ3) is 3.80. The molecule has 2 saturated carbocycles. The molecule has 0 amide bonds. The van der Waals surface area contributed by atoms with Crippen LogP contribution in [0.5, 0.6) is 0 Å². The van der Waals surface area contributed by atoms with Crippen molar-refractivity contribution < 1.29 is 9.59 Å². The molecule has 2 aliphatic rings. The van der Waals surface area contributed by atoms with Crippen LogP contribution in [0.1, 0.15) is 49.1 Å². The molecule has 2 aromatic rings. The van der Waals surface area contributed by atoms with Gasteiger partial charge in [0.25, 0.3) is 0 Å². The molecule has 0 saturated heterocycles. The van der Waals surface area contributed by atoms with Crippen molar-refractivity contribution in [2.24, 2.45) is 17.8 Å². The van der Waals surface area contributed by atoms with Crippen molar-refractivity contribution in [3.05, 3.63) is 77.9 Å². The predicted octanol–water partition coefficient (Wildman–Crippen LogP) is 5.45. The van der Waals surface area contributed by atoms with Gasteiger partial charge >= 0.3 is 0 Å². The fourth-order valence-electron chi connectivity index (χ4n) is 5.07. The van der Waals surface area contributed by atoms with Crippen LogP contribution >= 0.6 is 0 Å². The molecule has 138 valence electrons. The van der Waals surface area contributed by atoms with Crippen molar-refractivity contribution in [3.8, 4) is 0 Å². The summed E-state index contributed by atoms with van der Waals surface area (Å²) in [6, 6.07) is 20.1. The summed E-state index contributed by atoms with van der Waals surface area (Å²) in [6.45, 7) is 0. The van der Waals surface area contributed by atoms with Crippen LogP contribution in [0.2, 0.25) is 0 Å². The summed E-state index contributed by atoms with van der Waals surface area (Å²) in [5.74, 6) is 0.735. The lowest BCUT2D eigenvalue weighted by atomic mass is 9.58. The standard InChI is InChI=1S/C25H26O2/c26-23(16-15-18-9-3-1-4-10-18)25-21-14-8-7-13-20(21)24(27)17-22(25)19-11-5-2-6-12-19/h1-6,9-12,15-16,20-22,25H,7-8,13-14,17H2/b16-15+/t20-,21+,22-,25+/m0/s1. The first-order valence-electron chi connectivity index (χ1n) is 10.1. The molecule has 0 bridgehead atoms. The summed E-state index contributed by atoms with van der Waals surface area (Å²) >= 11 is 0. The number of carbonyl (C=O) groups is 2. The highest BCUT2D eigenvalue weighted by Crippen LogP contribution is 2.48. The number of fused-ring (bicyclic) bond motifs is 1. The highest BCUT2D eigenvalue weighted by molar-refractivity contribution is 5.98. The third-order valence-corrected chi connectivity index (χ3v) is 6.34. The Morgan fingerprint density at radius 1 is 0.852 bits per heavy atom. The molecule has 0 heterocycles. The van der Waals surface area contributed by atoms with E-state index in [-0.39, 0.29) is 29.5 Å². The quantitative estimate of drug-likeness (QED) is 0.681. The van der Waals surface area contributed by atoms with Gasteiger partial charge in [-0.1, -0.05) is 79.6 Å². The number of Topliss-reactive ketones (excluding diaryl/α,β-unsaturated/α-hetero) is 1. The first-order chi connectivity index (χ1) is 13.2. The molecule has 4 atom stereocenters. The van der Waals surface area contributed by atoms with Gasteiger partial charge in [0.05, 0.1) is 0 Å². The second-order valence-corrected chi connectivity index (χ2v) is 7.91. The zero-order valence-corrected chi connectivity index (χ0v) is 15.6. The number of hydrogen-bond donors (Lipinski definition) is 0. The van der Waals surface area contributed by atoms with Crippen molar-refractivity contribution >= 4 is 17.6 Å². The van der Waals surface area contributed by atoms with Gasteiger partial charge < -0.3 is 0 Å². The van der Waals surface area contributed by atoms with E-state index in [1.165, 1.54) is 0 Å². The number of rotatable bonds is 4. The molecule has 0 radical (unpaired) electrons. The van der Waals surface area contributed by atoms with Gasteiger partial charge in [0.1, 0.15) is 5.78 Å². The number of allylic oxidation sites excluding steroid dienone is 1. The van der Waals surface area contributed by atoms with Crippen LogP contribution < -0.4 is 0 Å². The van der Waals surface area contributed by atoms with Crippen LogP contribution in [0.3, 0.4) is 0 Å². The van der Waals surface area contributed by atoms with Crippen molar-refractivity contribution in [2.45, 2.75) is 38.0 Å². The first kappa shape index (κ1) is 17.9. The van der Waals surface area contributed by atoms with E-state index in [9.17, 15) is 9.59 Å². The average Bonchev–Trinajstić information content (AvgIpc) is 2.73. The van der Waals surface area contributed by atoms with E-state index in [0.717, 1.165) is 36.8 Å². The topological polar surface area (TPSA) is 34.1 Å². The fraction of sp³-hybridized carbons (Fsp3) is 0.360. The van der Waals surface area contributed by atoms with Gasteiger partial charge in [-0.15, -0.1) is 0 Å². The maximum absolute atomic E-state index is 13.3. The second kappa shape index (κ2) is 8.04. The number of carbonyl (C=O) groups excluding carboxylic acids is 2. The van der Waals surface area contributed by atoms with Crippen LogP contribution in [0, 0.1) is 17.8 Å². The monoisotopic (exact) mass is 358 g/mol. The van der Waals surface area contributed by atoms with Crippen molar-refractivity contribution in [1.82, 2.24) is 0 Å². The minimum Gasteiger partial charge on any atom is -0.299 e. The van der Waals surface area contributed by atoms with E-state index < -0.39 is 0 Å². The smallest absolute Gasteiger partial charge is 0.159 e. The Morgan fingerprint density at radius 3 is 2.26 bits per heavy atom. The van der Waals surface area contributed by atoms with Crippen LogP contribution in [0.15, 0.2) is 66.7 Å². The lowest BCUT2D eigenvalue weighted by Crippen LogP contribution is -2.44. The molecule has 27 heavy (non-hydrogen) atoms. The molecule has 4 rings (SSSR count). The van der Waals surface area contributed by atoms with Crippen LogP contribution in [0.4, 0.5) is 0 Å². The Kier molecular flexibility index (Phi) is 5.33. The summed E-state index contributed by atoms with van der Waals surface area (Å²) in [7, 11) is 0. The van der Waals surface area contributed by atoms with Crippen molar-refractivity contribution in [2.75, 3.05) is 0 Å². The maximum Gasteiger partial charge on any atom is 0.159 e. The second-order valence-electron chi connectivity index (χ2n) is 7.91. The molecular formula is C25H26O2. The molecule has 2 nitrogen and oxygen atoms in total. The zero-order chi connectivity index (χ0) is 18.6. The van der Waals surface area contributed by atoms with E-state index >= 15 is 0 Å². The van der Waals surface area contributed by atoms with Crippen LogP contribution in [-0.4, -0.2) is 11.6 Å². The lowest BCUT2D eigenvalue weighted by molar-refractivity contribution is -0.135. The van der Waals surface area contributed by atoms with E-state index in [1.807, 2.05) is 54.6 Å². The molecule has 2 heteroatoms. The van der Waals surface area contributed by atoms with Crippen molar-refractivity contribution in [3.63, 3.8) is 0 Å². The Bertz CT molecular complexity index is 822. The molecule has 0 aromatic heterocycles. The van der Waals surface area contributed by atoms with Crippen LogP contribution in [0.25, 0.3) is 6.08 Å². The summed E-state index contributed by atoms with van der Waals surface area (Å²) in [6.07, 6.45) is 8.36. The van der Waals surface area contributed by atoms with E-state index in [2.05, 4.69) is 12.1 Å². The molecule has 2 aliphatic carbocycles. The Morgan fingerprint density at radius 2 is 1.52 bits per heavy atom. The van der Waals surface area contributed by atoms with Crippen LogP contribution in [-0.2, 0) is 9.59 Å².